The Morgan fingerprint density at radius 3 is 2.21 bits per heavy atom. The molecule has 6 aromatic carbocycles. The van der Waals surface area contributed by atoms with Crippen LogP contribution in [-0.4, -0.2) is 19.5 Å². The van der Waals surface area contributed by atoms with Crippen molar-refractivity contribution >= 4 is 80.4 Å². The number of hydrogen-bond donors (Lipinski definition) is 0. The van der Waals surface area contributed by atoms with Gasteiger partial charge < -0.3 is 0 Å². The first-order chi connectivity index (χ1) is 23.2. The molecule has 0 N–H and O–H groups in total. The van der Waals surface area contributed by atoms with Crippen LogP contribution in [0.5, 0.6) is 0 Å². The number of benzene rings is 6. The molecule has 3 aromatic heterocycles. The Hall–Kier alpha value is -6.09. The second kappa shape index (κ2) is 10.8. The Morgan fingerprint density at radius 2 is 1.38 bits per heavy atom. The van der Waals surface area contributed by atoms with Gasteiger partial charge in [-0.05, 0) is 52.3 Å². The standard InChI is InChI=1S/C42H26N4S/c1-3-4-6-13-26(2)40-43-41(28-15-7-5-8-16-28)45-42(44-40)46-36-25-30-18-10-9-17-29(30)24-35(36)32-22-23-34-33-21-20-27-14-11-12-19-31(27)38(33)47-39(34)37(32)46/h1,4-25H,2H3/b6-4-,26-13+. The van der Waals surface area contributed by atoms with Crippen LogP contribution in [0.3, 0.4) is 0 Å². The molecule has 0 fully saturated rings. The summed E-state index contributed by atoms with van der Waals surface area (Å²) in [5, 5.41) is 9.68. The van der Waals surface area contributed by atoms with Crippen LogP contribution in [0.2, 0.25) is 0 Å². The van der Waals surface area contributed by atoms with Crippen molar-refractivity contribution in [3.8, 4) is 29.7 Å². The van der Waals surface area contributed by atoms with Crippen molar-refractivity contribution in [1.29, 1.82) is 0 Å². The summed E-state index contributed by atoms with van der Waals surface area (Å²) >= 11 is 1.84. The molecule has 0 aliphatic rings. The highest BCUT2D eigenvalue weighted by Gasteiger charge is 2.22. The molecule has 220 valence electrons. The predicted molar refractivity (Wildman–Crippen MR) is 199 cm³/mol. The van der Waals surface area contributed by atoms with Crippen LogP contribution in [0, 0.1) is 12.3 Å². The molecule has 4 nitrogen and oxygen atoms in total. The summed E-state index contributed by atoms with van der Waals surface area (Å²) in [4.78, 5) is 15.3. The number of terminal acetylenes is 1. The third-order valence-electron chi connectivity index (χ3n) is 8.87. The van der Waals surface area contributed by atoms with Gasteiger partial charge in [-0.2, -0.15) is 9.97 Å². The van der Waals surface area contributed by atoms with Crippen molar-refractivity contribution in [2.24, 2.45) is 0 Å². The molecule has 0 spiro atoms. The van der Waals surface area contributed by atoms with Crippen LogP contribution >= 0.6 is 11.3 Å². The molecule has 9 rings (SSSR count). The van der Waals surface area contributed by atoms with Gasteiger partial charge in [0, 0.05) is 31.8 Å². The largest absolute Gasteiger partial charge is 0.276 e. The van der Waals surface area contributed by atoms with Gasteiger partial charge in [-0.1, -0.05) is 121 Å². The minimum absolute atomic E-state index is 0.577. The number of rotatable bonds is 4. The quantitative estimate of drug-likeness (QED) is 0.146. The molecule has 0 saturated heterocycles. The molecule has 0 amide bonds. The minimum atomic E-state index is 0.577. The lowest BCUT2D eigenvalue weighted by Gasteiger charge is -2.11. The van der Waals surface area contributed by atoms with Crippen molar-refractivity contribution in [1.82, 2.24) is 19.5 Å². The highest BCUT2D eigenvalue weighted by atomic mass is 32.1. The molecule has 0 atom stereocenters. The van der Waals surface area contributed by atoms with Crippen LogP contribution < -0.4 is 0 Å². The molecule has 0 aliphatic heterocycles. The number of allylic oxidation sites excluding steroid dienone is 4. The van der Waals surface area contributed by atoms with Crippen LogP contribution in [-0.2, 0) is 0 Å². The third-order valence-corrected chi connectivity index (χ3v) is 10.1. The lowest BCUT2D eigenvalue weighted by molar-refractivity contribution is 0.932. The van der Waals surface area contributed by atoms with Gasteiger partial charge in [-0.25, -0.2) is 4.98 Å². The molecule has 0 bridgehead atoms. The van der Waals surface area contributed by atoms with E-state index in [1.54, 1.807) is 6.08 Å². The van der Waals surface area contributed by atoms with Gasteiger partial charge in [-0.15, -0.1) is 17.8 Å². The summed E-state index contributed by atoms with van der Waals surface area (Å²) in [6.07, 6.45) is 10.9. The van der Waals surface area contributed by atoms with Gasteiger partial charge in [0.25, 0.3) is 0 Å². The lowest BCUT2D eigenvalue weighted by Crippen LogP contribution is -2.07. The van der Waals surface area contributed by atoms with E-state index in [1.165, 1.54) is 41.7 Å². The Balaban J connectivity index is 1.45. The normalized spacial score (nSPS) is 12.4. The minimum Gasteiger partial charge on any atom is -0.276 e. The van der Waals surface area contributed by atoms with Gasteiger partial charge in [-0.3, -0.25) is 4.57 Å². The van der Waals surface area contributed by atoms with E-state index in [0.29, 0.717) is 17.6 Å². The first-order valence-electron chi connectivity index (χ1n) is 15.5. The zero-order valence-corrected chi connectivity index (χ0v) is 26.3. The van der Waals surface area contributed by atoms with Crippen LogP contribution in [0.4, 0.5) is 0 Å². The highest BCUT2D eigenvalue weighted by molar-refractivity contribution is 7.27. The number of fused-ring (bicyclic) bond motifs is 10. The van der Waals surface area contributed by atoms with E-state index in [9.17, 15) is 0 Å². The zero-order chi connectivity index (χ0) is 31.5. The van der Waals surface area contributed by atoms with Crippen molar-refractivity contribution in [2.45, 2.75) is 6.92 Å². The fourth-order valence-electron chi connectivity index (χ4n) is 6.63. The maximum absolute atomic E-state index is 5.48. The first kappa shape index (κ1) is 27.2. The summed E-state index contributed by atoms with van der Waals surface area (Å²) in [7, 11) is 0. The summed E-state index contributed by atoms with van der Waals surface area (Å²) < 4.78 is 4.74. The third kappa shape index (κ3) is 4.34. The van der Waals surface area contributed by atoms with E-state index in [1.807, 2.05) is 60.7 Å². The Labute approximate surface area is 275 Å². The SMILES string of the molecule is C#C/C=C\C=C(/C)c1nc(-c2ccccc2)nc(-n2c3cc4ccccc4cc3c3ccc4c5ccc6ccccc6c5sc4c32)n1. The van der Waals surface area contributed by atoms with E-state index < -0.39 is 0 Å². The van der Waals surface area contributed by atoms with Crippen LogP contribution in [0.1, 0.15) is 12.7 Å². The number of thiophene rings is 1. The molecule has 47 heavy (non-hydrogen) atoms. The Kier molecular flexibility index (Phi) is 6.24. The Morgan fingerprint density at radius 1 is 0.681 bits per heavy atom. The fourth-order valence-corrected chi connectivity index (χ4v) is 8.00. The summed E-state index contributed by atoms with van der Waals surface area (Å²) in [5.41, 5.74) is 3.97. The molecular weight excluding hydrogens is 593 g/mol. The van der Waals surface area contributed by atoms with Crippen LogP contribution in [0.15, 0.2) is 133 Å². The zero-order valence-electron chi connectivity index (χ0n) is 25.5. The summed E-state index contributed by atoms with van der Waals surface area (Å²) in [6.45, 7) is 2.00. The van der Waals surface area contributed by atoms with Gasteiger partial charge in [0.05, 0.1) is 15.7 Å². The predicted octanol–water partition coefficient (Wildman–Crippen LogP) is 10.9. The molecule has 0 radical (unpaired) electrons. The molecule has 3 heterocycles. The van der Waals surface area contributed by atoms with E-state index in [-0.39, 0.29) is 0 Å². The summed E-state index contributed by atoms with van der Waals surface area (Å²) in [5.74, 6) is 4.35. The molecule has 9 aromatic rings. The van der Waals surface area contributed by atoms with Crippen molar-refractivity contribution < 1.29 is 0 Å². The van der Waals surface area contributed by atoms with Gasteiger partial charge >= 0.3 is 0 Å². The van der Waals surface area contributed by atoms with Crippen molar-refractivity contribution in [3.05, 3.63) is 139 Å². The van der Waals surface area contributed by atoms with Gasteiger partial charge in [0.2, 0.25) is 5.95 Å². The molecule has 0 aliphatic carbocycles. The van der Waals surface area contributed by atoms with E-state index in [4.69, 9.17) is 21.4 Å². The van der Waals surface area contributed by atoms with Gasteiger partial charge in [0.15, 0.2) is 11.6 Å². The second-order valence-corrected chi connectivity index (χ2v) is 12.7. The average Bonchev–Trinajstić information content (AvgIpc) is 3.66. The van der Waals surface area contributed by atoms with E-state index >= 15 is 0 Å². The number of aromatic nitrogens is 4. The lowest BCUT2D eigenvalue weighted by atomic mass is 10.0. The summed E-state index contributed by atoms with van der Waals surface area (Å²) in [6, 6.07) is 40.8. The topological polar surface area (TPSA) is 43.6 Å². The van der Waals surface area contributed by atoms with Crippen molar-refractivity contribution in [2.75, 3.05) is 0 Å². The highest BCUT2D eigenvalue weighted by Crippen LogP contribution is 2.45. The number of nitrogens with zero attached hydrogens (tertiary/aromatic N) is 4. The smallest absolute Gasteiger partial charge is 0.238 e. The molecule has 0 unspecified atom stereocenters. The first-order valence-corrected chi connectivity index (χ1v) is 16.3. The maximum Gasteiger partial charge on any atom is 0.238 e. The number of hydrogen-bond acceptors (Lipinski definition) is 4. The molecule has 5 heteroatoms. The van der Waals surface area contributed by atoms with E-state index in [0.717, 1.165) is 32.9 Å². The van der Waals surface area contributed by atoms with Crippen molar-refractivity contribution in [3.63, 3.8) is 0 Å². The average molecular weight is 619 g/mol. The second-order valence-electron chi connectivity index (χ2n) is 11.7. The molecule has 0 saturated carbocycles. The maximum atomic E-state index is 5.48. The van der Waals surface area contributed by atoms with Gasteiger partial charge in [0.1, 0.15) is 0 Å². The van der Waals surface area contributed by atoms with E-state index in [2.05, 4.69) is 95.4 Å². The van der Waals surface area contributed by atoms with Crippen LogP contribution in [0.25, 0.3) is 86.4 Å². The fraction of sp³-hybridized carbons (Fsp3) is 0.0238. The molecular formula is C42H26N4S. The Bertz CT molecular complexity index is 2810. The monoisotopic (exact) mass is 618 g/mol.